The molecule has 0 unspecified atom stereocenters. The zero-order chi connectivity index (χ0) is 9.19. The van der Waals surface area contributed by atoms with Crippen molar-refractivity contribution in [3.8, 4) is 0 Å². The van der Waals surface area contributed by atoms with Gasteiger partial charge in [-0.3, -0.25) is 0 Å². The SMILES string of the molecule is [CH2]c1ccc(CC(C)(C)C)cc1.[MgH2]. The average Bonchev–Trinajstić information content (AvgIpc) is 1.91. The fraction of sp³-hybridized carbons (Fsp3) is 0.417. The quantitative estimate of drug-likeness (QED) is 0.593. The summed E-state index contributed by atoms with van der Waals surface area (Å²) >= 11 is 0. The number of rotatable bonds is 1. The summed E-state index contributed by atoms with van der Waals surface area (Å²) in [5, 5.41) is 0. The molecule has 0 heterocycles. The van der Waals surface area contributed by atoms with Crippen LogP contribution < -0.4 is 0 Å². The van der Waals surface area contributed by atoms with E-state index in [4.69, 9.17) is 0 Å². The minimum Gasteiger partial charge on any atom is -0.0599 e. The minimum absolute atomic E-state index is 0. The van der Waals surface area contributed by atoms with Gasteiger partial charge in [0.2, 0.25) is 0 Å². The van der Waals surface area contributed by atoms with E-state index in [0.717, 1.165) is 12.0 Å². The van der Waals surface area contributed by atoms with E-state index in [9.17, 15) is 0 Å². The lowest BCUT2D eigenvalue weighted by Gasteiger charge is -2.17. The molecule has 1 heteroatoms. The molecule has 13 heavy (non-hydrogen) atoms. The molecule has 69 valence electrons. The van der Waals surface area contributed by atoms with Crippen LogP contribution in [0.4, 0.5) is 0 Å². The Kier molecular flexibility index (Phi) is 5.01. The van der Waals surface area contributed by atoms with Gasteiger partial charge in [0.1, 0.15) is 0 Å². The van der Waals surface area contributed by atoms with Crippen molar-refractivity contribution in [3.63, 3.8) is 0 Å². The van der Waals surface area contributed by atoms with E-state index in [2.05, 4.69) is 52.0 Å². The van der Waals surface area contributed by atoms with Crippen LogP contribution in [0.15, 0.2) is 24.3 Å². The van der Waals surface area contributed by atoms with Crippen molar-refractivity contribution < 1.29 is 0 Å². The smallest absolute Gasteiger partial charge is 0.0599 e. The standard InChI is InChI=1S/C12H17.Mg.2H/c1-10-5-7-11(8-6-10)9-12(2,3)4;;;/h5-8H,1,9H2,2-4H3;;;. The first-order valence-corrected chi connectivity index (χ1v) is 4.38. The van der Waals surface area contributed by atoms with Crippen molar-refractivity contribution in [2.75, 3.05) is 0 Å². The molecule has 0 saturated heterocycles. The summed E-state index contributed by atoms with van der Waals surface area (Å²) in [5.74, 6) is 0. The maximum Gasteiger partial charge on any atom is 0.316 e. The molecule has 1 aromatic rings. The van der Waals surface area contributed by atoms with Gasteiger partial charge in [0, 0.05) is 0 Å². The fourth-order valence-corrected chi connectivity index (χ4v) is 1.27. The van der Waals surface area contributed by atoms with E-state index in [0.29, 0.717) is 5.41 Å². The van der Waals surface area contributed by atoms with Crippen LogP contribution in [0.5, 0.6) is 0 Å². The lowest BCUT2D eigenvalue weighted by atomic mass is 9.88. The van der Waals surface area contributed by atoms with Gasteiger partial charge < -0.3 is 0 Å². The number of benzene rings is 1. The van der Waals surface area contributed by atoms with E-state index in [1.807, 2.05) is 0 Å². The summed E-state index contributed by atoms with van der Waals surface area (Å²) in [6, 6.07) is 8.46. The summed E-state index contributed by atoms with van der Waals surface area (Å²) in [7, 11) is 0. The van der Waals surface area contributed by atoms with E-state index in [1.54, 1.807) is 0 Å². The van der Waals surface area contributed by atoms with Gasteiger partial charge in [-0.2, -0.15) is 0 Å². The molecule has 0 amide bonds. The van der Waals surface area contributed by atoms with Crippen molar-refractivity contribution in [2.45, 2.75) is 27.2 Å². The first-order valence-electron chi connectivity index (χ1n) is 4.38. The molecule has 0 aliphatic rings. The largest absolute Gasteiger partial charge is 0.316 e. The lowest BCUT2D eigenvalue weighted by Crippen LogP contribution is -2.08. The predicted molar refractivity (Wildman–Crippen MR) is 62.6 cm³/mol. The van der Waals surface area contributed by atoms with E-state index < -0.39 is 0 Å². The number of hydrogen-bond acceptors (Lipinski definition) is 0. The van der Waals surface area contributed by atoms with Crippen molar-refractivity contribution in [2.24, 2.45) is 5.41 Å². The van der Waals surface area contributed by atoms with Crippen LogP contribution in [-0.4, -0.2) is 23.1 Å². The van der Waals surface area contributed by atoms with Gasteiger partial charge in [-0.15, -0.1) is 0 Å². The van der Waals surface area contributed by atoms with E-state index in [-0.39, 0.29) is 23.1 Å². The molecular formula is C12H19Mg. The van der Waals surface area contributed by atoms with Crippen LogP contribution in [-0.2, 0) is 6.42 Å². The van der Waals surface area contributed by atoms with Crippen molar-refractivity contribution in [3.05, 3.63) is 42.3 Å². The number of hydrogen-bond donors (Lipinski definition) is 0. The second-order valence-corrected chi connectivity index (χ2v) is 4.55. The Morgan fingerprint density at radius 1 is 1.08 bits per heavy atom. The second kappa shape index (κ2) is 5.01. The van der Waals surface area contributed by atoms with E-state index >= 15 is 0 Å². The van der Waals surface area contributed by atoms with Gasteiger partial charge in [0.25, 0.3) is 0 Å². The maximum absolute atomic E-state index is 3.86. The van der Waals surface area contributed by atoms with Crippen LogP contribution in [0, 0.1) is 12.3 Å². The molecule has 0 spiro atoms. The van der Waals surface area contributed by atoms with Crippen LogP contribution in [0.2, 0.25) is 0 Å². The zero-order valence-electron chi connectivity index (χ0n) is 8.22. The summed E-state index contributed by atoms with van der Waals surface area (Å²) in [6.07, 6.45) is 1.13. The van der Waals surface area contributed by atoms with Crippen molar-refractivity contribution in [1.29, 1.82) is 0 Å². The Bertz CT molecular complexity index is 241. The van der Waals surface area contributed by atoms with Gasteiger partial charge in [0.05, 0.1) is 0 Å². The Morgan fingerprint density at radius 3 is 1.92 bits per heavy atom. The molecular weight excluding hydrogens is 168 g/mol. The minimum atomic E-state index is 0. The maximum atomic E-state index is 3.86. The van der Waals surface area contributed by atoms with Crippen molar-refractivity contribution >= 4 is 23.1 Å². The third kappa shape index (κ3) is 5.32. The first kappa shape index (κ1) is 13.0. The van der Waals surface area contributed by atoms with Gasteiger partial charge >= 0.3 is 23.1 Å². The van der Waals surface area contributed by atoms with Crippen molar-refractivity contribution in [1.82, 2.24) is 0 Å². The predicted octanol–water partition coefficient (Wildman–Crippen LogP) is 2.54. The van der Waals surface area contributed by atoms with Gasteiger partial charge in [0.15, 0.2) is 0 Å². The Labute approximate surface area is 97.9 Å². The van der Waals surface area contributed by atoms with Crippen LogP contribution in [0.3, 0.4) is 0 Å². The molecule has 0 aliphatic heterocycles. The molecule has 1 radical (unpaired) electrons. The Balaban J connectivity index is 0.00000144. The van der Waals surface area contributed by atoms with Gasteiger partial charge in [-0.1, -0.05) is 45.0 Å². The molecule has 0 N–H and O–H groups in total. The highest BCUT2D eigenvalue weighted by Gasteiger charge is 2.10. The Hall–Kier alpha value is -0.0138. The molecule has 1 rings (SSSR count). The third-order valence-electron chi connectivity index (χ3n) is 1.76. The third-order valence-corrected chi connectivity index (χ3v) is 1.76. The second-order valence-electron chi connectivity index (χ2n) is 4.55. The molecule has 0 fully saturated rings. The summed E-state index contributed by atoms with van der Waals surface area (Å²) in [6.45, 7) is 10.6. The Morgan fingerprint density at radius 2 is 1.54 bits per heavy atom. The molecule has 0 aromatic heterocycles. The fourth-order valence-electron chi connectivity index (χ4n) is 1.27. The molecule has 0 saturated carbocycles. The highest BCUT2D eigenvalue weighted by Crippen LogP contribution is 2.20. The lowest BCUT2D eigenvalue weighted by molar-refractivity contribution is 0.411. The molecule has 0 atom stereocenters. The summed E-state index contributed by atoms with van der Waals surface area (Å²) < 4.78 is 0. The highest BCUT2D eigenvalue weighted by molar-refractivity contribution is 5.75. The average molecular weight is 188 g/mol. The van der Waals surface area contributed by atoms with E-state index in [1.165, 1.54) is 5.56 Å². The normalized spacial score (nSPS) is 10.8. The molecule has 0 bridgehead atoms. The molecule has 0 aliphatic carbocycles. The van der Waals surface area contributed by atoms with Gasteiger partial charge in [-0.05, 0) is 29.9 Å². The van der Waals surface area contributed by atoms with Crippen LogP contribution in [0.25, 0.3) is 0 Å². The summed E-state index contributed by atoms with van der Waals surface area (Å²) in [5.41, 5.74) is 2.87. The highest BCUT2D eigenvalue weighted by atomic mass is 24.3. The molecule has 0 nitrogen and oxygen atoms in total. The topological polar surface area (TPSA) is 0 Å². The monoisotopic (exact) mass is 187 g/mol. The first-order chi connectivity index (χ1) is 5.47. The van der Waals surface area contributed by atoms with Gasteiger partial charge in [-0.25, -0.2) is 0 Å². The zero-order valence-corrected chi connectivity index (χ0v) is 8.22. The molecule has 1 aromatic carbocycles. The van der Waals surface area contributed by atoms with Crippen LogP contribution in [0.1, 0.15) is 31.9 Å². The summed E-state index contributed by atoms with van der Waals surface area (Å²) in [4.78, 5) is 0. The van der Waals surface area contributed by atoms with Crippen LogP contribution >= 0.6 is 0 Å².